The lowest BCUT2D eigenvalue weighted by Crippen LogP contribution is -2.32. The Hall–Kier alpha value is -2.88. The SMILES string of the molecule is COc1ccc(C2(C#Cc3cccc(-c4nnc(C)s4)c3)CCC(O)CC2)cc1OC1CCCC1. The number of aromatic nitrogens is 2. The van der Waals surface area contributed by atoms with Crippen molar-refractivity contribution in [3.05, 3.63) is 58.6 Å². The van der Waals surface area contributed by atoms with E-state index < -0.39 is 0 Å². The van der Waals surface area contributed by atoms with Gasteiger partial charge in [-0.25, -0.2) is 0 Å². The number of aryl methyl sites for hydroxylation is 1. The predicted octanol–water partition coefficient (Wildman–Crippen LogP) is 6.07. The molecule has 5 nitrogen and oxygen atoms in total. The Morgan fingerprint density at radius 2 is 1.80 bits per heavy atom. The predicted molar refractivity (Wildman–Crippen MR) is 139 cm³/mol. The van der Waals surface area contributed by atoms with Gasteiger partial charge in [-0.05, 0) is 88.1 Å². The summed E-state index contributed by atoms with van der Waals surface area (Å²) in [6, 6.07) is 14.4. The average Bonchev–Trinajstić information content (AvgIpc) is 3.56. The summed E-state index contributed by atoms with van der Waals surface area (Å²) in [7, 11) is 1.69. The maximum atomic E-state index is 10.3. The van der Waals surface area contributed by atoms with Gasteiger partial charge in [-0.15, -0.1) is 10.2 Å². The number of benzene rings is 2. The summed E-state index contributed by atoms with van der Waals surface area (Å²) in [6.07, 6.45) is 7.71. The van der Waals surface area contributed by atoms with E-state index in [9.17, 15) is 5.11 Å². The molecule has 0 amide bonds. The van der Waals surface area contributed by atoms with E-state index in [1.165, 1.54) is 12.8 Å². The molecule has 6 heteroatoms. The smallest absolute Gasteiger partial charge is 0.161 e. The van der Waals surface area contributed by atoms with Crippen molar-refractivity contribution in [3.8, 4) is 33.9 Å². The van der Waals surface area contributed by atoms with Crippen LogP contribution in [-0.4, -0.2) is 34.6 Å². The van der Waals surface area contributed by atoms with Crippen LogP contribution in [0.1, 0.15) is 67.5 Å². The Morgan fingerprint density at radius 1 is 1.00 bits per heavy atom. The van der Waals surface area contributed by atoms with Crippen LogP contribution < -0.4 is 9.47 Å². The summed E-state index contributed by atoms with van der Waals surface area (Å²) in [4.78, 5) is 0. The summed E-state index contributed by atoms with van der Waals surface area (Å²) in [6.45, 7) is 1.96. The Labute approximate surface area is 211 Å². The molecular weight excluding hydrogens is 456 g/mol. The lowest BCUT2D eigenvalue weighted by Gasteiger charge is -2.35. The molecule has 182 valence electrons. The number of aliphatic hydroxyl groups is 1. The van der Waals surface area contributed by atoms with Crippen molar-refractivity contribution in [1.29, 1.82) is 0 Å². The monoisotopic (exact) mass is 488 g/mol. The molecule has 0 radical (unpaired) electrons. The lowest BCUT2D eigenvalue weighted by molar-refractivity contribution is 0.110. The standard InChI is InChI=1S/C29H32N2O3S/c1-20-30-31-28(35-20)22-7-5-6-21(18-22)12-15-29(16-13-24(32)14-17-29)23-10-11-26(33-2)27(19-23)34-25-8-3-4-9-25/h5-7,10-11,18-19,24-25,32H,3-4,8-9,13-14,16-17H2,1-2H3. The number of hydrogen-bond donors (Lipinski definition) is 1. The molecule has 2 aliphatic rings. The van der Waals surface area contributed by atoms with Gasteiger partial charge in [0.05, 0.1) is 24.7 Å². The van der Waals surface area contributed by atoms with E-state index in [0.29, 0.717) is 0 Å². The number of hydrogen-bond acceptors (Lipinski definition) is 6. The van der Waals surface area contributed by atoms with Gasteiger partial charge in [0.15, 0.2) is 11.5 Å². The molecule has 2 aromatic carbocycles. The summed E-state index contributed by atoms with van der Waals surface area (Å²) < 4.78 is 12.0. The first kappa shape index (κ1) is 23.8. The molecule has 5 rings (SSSR count). The minimum Gasteiger partial charge on any atom is -0.493 e. The molecule has 35 heavy (non-hydrogen) atoms. The van der Waals surface area contributed by atoms with E-state index in [0.717, 1.165) is 76.7 Å². The van der Waals surface area contributed by atoms with Crippen LogP contribution in [0.25, 0.3) is 10.6 Å². The van der Waals surface area contributed by atoms with Gasteiger partial charge in [0.25, 0.3) is 0 Å². The van der Waals surface area contributed by atoms with Gasteiger partial charge in [0.1, 0.15) is 10.0 Å². The van der Waals surface area contributed by atoms with Gasteiger partial charge >= 0.3 is 0 Å². The zero-order valence-corrected chi connectivity index (χ0v) is 21.2. The second-order valence-electron chi connectivity index (χ2n) is 9.66. The van der Waals surface area contributed by atoms with E-state index in [2.05, 4.69) is 40.2 Å². The number of aliphatic hydroxyl groups excluding tert-OH is 1. The van der Waals surface area contributed by atoms with Crippen molar-refractivity contribution < 1.29 is 14.6 Å². The summed E-state index contributed by atoms with van der Waals surface area (Å²) in [5.74, 6) is 8.67. The van der Waals surface area contributed by atoms with Gasteiger partial charge in [-0.2, -0.15) is 0 Å². The first-order valence-electron chi connectivity index (χ1n) is 12.5. The van der Waals surface area contributed by atoms with Crippen molar-refractivity contribution in [2.75, 3.05) is 7.11 Å². The van der Waals surface area contributed by atoms with E-state index >= 15 is 0 Å². The van der Waals surface area contributed by atoms with Crippen molar-refractivity contribution in [1.82, 2.24) is 10.2 Å². The molecule has 0 bridgehead atoms. The fourth-order valence-electron chi connectivity index (χ4n) is 5.17. The molecule has 1 aromatic heterocycles. The van der Waals surface area contributed by atoms with Gasteiger partial charge in [-0.1, -0.05) is 41.4 Å². The molecule has 0 unspecified atom stereocenters. The fraction of sp³-hybridized carbons (Fsp3) is 0.448. The normalized spacial score (nSPS) is 22.4. The molecule has 2 aliphatic carbocycles. The van der Waals surface area contributed by atoms with Gasteiger partial charge in [0, 0.05) is 11.1 Å². The minimum atomic E-state index is -0.339. The number of nitrogens with zero attached hydrogens (tertiary/aromatic N) is 2. The topological polar surface area (TPSA) is 64.5 Å². The molecule has 0 aliphatic heterocycles. The molecule has 1 heterocycles. The molecule has 0 saturated heterocycles. The number of ether oxygens (including phenoxy) is 2. The highest BCUT2D eigenvalue weighted by atomic mass is 32.1. The van der Waals surface area contributed by atoms with Crippen LogP contribution in [0.3, 0.4) is 0 Å². The number of methoxy groups -OCH3 is 1. The Bertz CT molecular complexity index is 1230. The van der Waals surface area contributed by atoms with Crippen molar-refractivity contribution in [2.24, 2.45) is 0 Å². The summed E-state index contributed by atoms with van der Waals surface area (Å²) in [5.41, 5.74) is 2.79. The Balaban J connectivity index is 1.49. The quantitative estimate of drug-likeness (QED) is 0.442. The highest BCUT2D eigenvalue weighted by Crippen LogP contribution is 2.43. The third-order valence-electron chi connectivity index (χ3n) is 7.20. The van der Waals surface area contributed by atoms with E-state index in [-0.39, 0.29) is 17.6 Å². The zero-order valence-electron chi connectivity index (χ0n) is 20.4. The van der Waals surface area contributed by atoms with Crippen molar-refractivity contribution in [3.63, 3.8) is 0 Å². The Morgan fingerprint density at radius 3 is 2.51 bits per heavy atom. The van der Waals surface area contributed by atoms with Crippen LogP contribution >= 0.6 is 11.3 Å². The first-order chi connectivity index (χ1) is 17.0. The van der Waals surface area contributed by atoms with Crippen molar-refractivity contribution in [2.45, 2.75) is 75.9 Å². The molecule has 2 fully saturated rings. The molecule has 0 atom stereocenters. The van der Waals surface area contributed by atoms with Gasteiger partial charge in [0.2, 0.25) is 0 Å². The minimum absolute atomic E-state index is 0.251. The van der Waals surface area contributed by atoms with Crippen LogP contribution in [0.4, 0.5) is 0 Å². The molecule has 2 saturated carbocycles. The average molecular weight is 489 g/mol. The second kappa shape index (κ2) is 10.4. The van der Waals surface area contributed by atoms with E-state index in [1.807, 2.05) is 31.2 Å². The maximum Gasteiger partial charge on any atom is 0.161 e. The third kappa shape index (κ3) is 5.37. The maximum absolute atomic E-state index is 10.3. The van der Waals surface area contributed by atoms with Gasteiger partial charge < -0.3 is 14.6 Å². The zero-order chi connectivity index (χ0) is 24.3. The fourth-order valence-corrected chi connectivity index (χ4v) is 5.86. The second-order valence-corrected chi connectivity index (χ2v) is 10.8. The van der Waals surface area contributed by atoms with Crippen LogP contribution in [0.2, 0.25) is 0 Å². The van der Waals surface area contributed by atoms with E-state index in [1.54, 1.807) is 18.4 Å². The Kier molecular flexibility index (Phi) is 7.08. The van der Waals surface area contributed by atoms with Crippen LogP contribution in [0.15, 0.2) is 42.5 Å². The molecule has 0 spiro atoms. The molecular formula is C29H32N2O3S. The number of rotatable bonds is 5. The van der Waals surface area contributed by atoms with Crippen molar-refractivity contribution >= 4 is 11.3 Å². The highest BCUT2D eigenvalue weighted by molar-refractivity contribution is 7.14. The lowest BCUT2D eigenvalue weighted by atomic mass is 9.69. The molecule has 3 aromatic rings. The van der Waals surface area contributed by atoms with Gasteiger partial charge in [-0.3, -0.25) is 0 Å². The third-order valence-corrected chi connectivity index (χ3v) is 8.09. The van der Waals surface area contributed by atoms with Crippen LogP contribution in [0, 0.1) is 18.8 Å². The summed E-state index contributed by atoms with van der Waals surface area (Å²) in [5, 5.41) is 20.5. The summed E-state index contributed by atoms with van der Waals surface area (Å²) >= 11 is 1.59. The first-order valence-corrected chi connectivity index (χ1v) is 13.3. The van der Waals surface area contributed by atoms with Crippen LogP contribution in [-0.2, 0) is 5.41 Å². The highest BCUT2D eigenvalue weighted by Gasteiger charge is 2.36. The largest absolute Gasteiger partial charge is 0.493 e. The van der Waals surface area contributed by atoms with Crippen LogP contribution in [0.5, 0.6) is 11.5 Å². The molecule has 1 N–H and O–H groups in total. The van der Waals surface area contributed by atoms with E-state index in [4.69, 9.17) is 9.47 Å².